The van der Waals surface area contributed by atoms with E-state index in [1.54, 1.807) is 12.1 Å². The summed E-state index contributed by atoms with van der Waals surface area (Å²) in [5.41, 5.74) is 0.463. The van der Waals surface area contributed by atoms with Crippen molar-refractivity contribution in [3.8, 4) is 0 Å². The van der Waals surface area contributed by atoms with Crippen LogP contribution in [0.3, 0.4) is 0 Å². The van der Waals surface area contributed by atoms with Gasteiger partial charge in [0.2, 0.25) is 10.0 Å². The Bertz CT molecular complexity index is 574. The van der Waals surface area contributed by atoms with Crippen molar-refractivity contribution in [2.45, 2.75) is 51.5 Å². The van der Waals surface area contributed by atoms with E-state index in [1.807, 2.05) is 27.7 Å². The molecule has 0 heterocycles. The molecular weight excluding hydrogens is 300 g/mol. The molecule has 1 rings (SSSR count). The van der Waals surface area contributed by atoms with Crippen molar-refractivity contribution in [3.05, 3.63) is 29.8 Å². The summed E-state index contributed by atoms with van der Waals surface area (Å²) < 4.78 is 26.7. The van der Waals surface area contributed by atoms with Crippen molar-refractivity contribution >= 4 is 15.9 Å². The average Bonchev–Trinajstić information content (AvgIpc) is 2.46. The molecule has 0 aliphatic heterocycles. The number of hydrogen-bond acceptors (Lipinski definition) is 3. The van der Waals surface area contributed by atoms with E-state index in [0.29, 0.717) is 18.7 Å². The van der Waals surface area contributed by atoms with Gasteiger partial charge in [0.15, 0.2) is 0 Å². The largest absolute Gasteiger partial charge is 0.350 e. The Kier molecular flexibility index (Phi) is 7.03. The van der Waals surface area contributed by atoms with Gasteiger partial charge in [-0.05, 0) is 51.0 Å². The third-order valence-electron chi connectivity index (χ3n) is 3.12. The fraction of sp³-hybridized carbons (Fsp3) is 0.562. The summed E-state index contributed by atoms with van der Waals surface area (Å²) in [6, 6.07) is 6.16. The summed E-state index contributed by atoms with van der Waals surface area (Å²) in [4.78, 5) is 12.1. The van der Waals surface area contributed by atoms with Gasteiger partial charge in [0.1, 0.15) is 0 Å². The van der Waals surface area contributed by atoms with Crippen LogP contribution in [0.1, 0.15) is 50.9 Å². The summed E-state index contributed by atoms with van der Waals surface area (Å²) in [5, 5.41) is 2.78. The van der Waals surface area contributed by atoms with Crippen molar-refractivity contribution in [1.29, 1.82) is 0 Å². The van der Waals surface area contributed by atoms with Gasteiger partial charge in [-0.3, -0.25) is 4.79 Å². The molecule has 0 radical (unpaired) electrons. The Morgan fingerprint density at radius 1 is 1.09 bits per heavy atom. The number of sulfonamides is 1. The molecule has 5 nitrogen and oxygen atoms in total. The van der Waals surface area contributed by atoms with Crippen molar-refractivity contribution in [1.82, 2.24) is 9.62 Å². The maximum absolute atomic E-state index is 12.6. The second-order valence-corrected chi connectivity index (χ2v) is 7.49. The van der Waals surface area contributed by atoms with E-state index >= 15 is 0 Å². The number of benzene rings is 1. The molecule has 124 valence electrons. The minimum atomic E-state index is -3.49. The van der Waals surface area contributed by atoms with Crippen molar-refractivity contribution in [2.24, 2.45) is 0 Å². The third-order valence-corrected chi connectivity index (χ3v) is 5.03. The standard InChI is InChI=1S/C16H26N2O3S/c1-5-11-18(12-6-2)22(20,21)15-9-7-14(8-10-15)16(19)17-13(3)4/h7-10,13H,5-6,11-12H2,1-4H3,(H,17,19). The molecule has 1 aromatic rings. The minimum absolute atomic E-state index is 0.0421. The van der Waals surface area contributed by atoms with Gasteiger partial charge in [-0.2, -0.15) is 4.31 Å². The molecule has 0 bridgehead atoms. The lowest BCUT2D eigenvalue weighted by Crippen LogP contribution is -2.33. The number of hydrogen-bond donors (Lipinski definition) is 1. The highest BCUT2D eigenvalue weighted by molar-refractivity contribution is 7.89. The molecule has 6 heteroatoms. The first-order valence-electron chi connectivity index (χ1n) is 7.74. The van der Waals surface area contributed by atoms with Crippen LogP contribution in [0.2, 0.25) is 0 Å². The Balaban J connectivity index is 2.99. The number of rotatable bonds is 8. The van der Waals surface area contributed by atoms with Crippen LogP contribution in [-0.2, 0) is 10.0 Å². The highest BCUT2D eigenvalue weighted by atomic mass is 32.2. The summed E-state index contributed by atoms with van der Waals surface area (Å²) in [7, 11) is -3.49. The smallest absolute Gasteiger partial charge is 0.251 e. The van der Waals surface area contributed by atoms with E-state index in [0.717, 1.165) is 12.8 Å². The fourth-order valence-electron chi connectivity index (χ4n) is 2.12. The highest BCUT2D eigenvalue weighted by Gasteiger charge is 2.23. The van der Waals surface area contributed by atoms with Crippen LogP contribution >= 0.6 is 0 Å². The van der Waals surface area contributed by atoms with Crippen molar-refractivity contribution in [3.63, 3.8) is 0 Å². The lowest BCUT2D eigenvalue weighted by atomic mass is 10.2. The monoisotopic (exact) mass is 326 g/mol. The third kappa shape index (κ3) is 4.81. The normalized spacial score (nSPS) is 11.9. The Hall–Kier alpha value is -1.40. The lowest BCUT2D eigenvalue weighted by molar-refractivity contribution is 0.0943. The highest BCUT2D eigenvalue weighted by Crippen LogP contribution is 2.17. The van der Waals surface area contributed by atoms with Gasteiger partial charge in [0.05, 0.1) is 4.90 Å². The summed E-state index contributed by atoms with van der Waals surface area (Å²) in [6.45, 7) is 8.68. The number of nitrogens with zero attached hydrogens (tertiary/aromatic N) is 1. The van der Waals surface area contributed by atoms with E-state index in [2.05, 4.69) is 5.32 Å². The summed E-state index contributed by atoms with van der Waals surface area (Å²) >= 11 is 0. The van der Waals surface area contributed by atoms with Crippen molar-refractivity contribution < 1.29 is 13.2 Å². The van der Waals surface area contributed by atoms with E-state index in [-0.39, 0.29) is 16.8 Å². The van der Waals surface area contributed by atoms with Crippen molar-refractivity contribution in [2.75, 3.05) is 13.1 Å². The Morgan fingerprint density at radius 2 is 1.59 bits per heavy atom. The maximum Gasteiger partial charge on any atom is 0.251 e. The molecule has 0 atom stereocenters. The van der Waals surface area contributed by atoms with Crippen LogP contribution in [0.5, 0.6) is 0 Å². The zero-order chi connectivity index (χ0) is 16.8. The molecule has 1 amide bonds. The van der Waals surface area contributed by atoms with E-state index in [4.69, 9.17) is 0 Å². The SMILES string of the molecule is CCCN(CCC)S(=O)(=O)c1ccc(C(=O)NC(C)C)cc1. The predicted octanol–water partition coefficient (Wildman–Crippen LogP) is 2.64. The predicted molar refractivity (Wildman–Crippen MR) is 88.4 cm³/mol. The Morgan fingerprint density at radius 3 is 2.00 bits per heavy atom. The number of carbonyl (C=O) groups is 1. The van der Waals surface area contributed by atoms with Gasteiger partial charge in [0, 0.05) is 24.7 Å². The Labute approximate surface area is 133 Å². The topological polar surface area (TPSA) is 66.5 Å². The first-order valence-corrected chi connectivity index (χ1v) is 9.18. The van der Waals surface area contributed by atoms with Crippen LogP contribution < -0.4 is 5.32 Å². The van der Waals surface area contributed by atoms with Gasteiger partial charge in [0.25, 0.3) is 5.91 Å². The molecular formula is C16H26N2O3S. The molecule has 1 N–H and O–H groups in total. The number of carbonyl (C=O) groups excluding carboxylic acids is 1. The molecule has 0 aliphatic carbocycles. The van der Waals surface area contributed by atoms with Crippen LogP contribution in [0.25, 0.3) is 0 Å². The average molecular weight is 326 g/mol. The van der Waals surface area contributed by atoms with E-state index in [1.165, 1.54) is 16.4 Å². The molecule has 0 aromatic heterocycles. The number of nitrogens with one attached hydrogen (secondary N) is 1. The molecule has 22 heavy (non-hydrogen) atoms. The van der Waals surface area contributed by atoms with Gasteiger partial charge in [-0.25, -0.2) is 8.42 Å². The molecule has 1 aromatic carbocycles. The van der Waals surface area contributed by atoms with Gasteiger partial charge in [-0.15, -0.1) is 0 Å². The van der Waals surface area contributed by atoms with Crippen LogP contribution in [0, 0.1) is 0 Å². The number of amides is 1. The summed E-state index contributed by atoms with van der Waals surface area (Å²) in [5.74, 6) is -0.196. The second-order valence-electron chi connectivity index (χ2n) is 5.56. The molecule has 0 unspecified atom stereocenters. The first-order chi connectivity index (χ1) is 10.3. The molecule has 0 spiro atoms. The van der Waals surface area contributed by atoms with Crippen LogP contribution in [0.15, 0.2) is 29.2 Å². The van der Waals surface area contributed by atoms with Gasteiger partial charge in [-0.1, -0.05) is 13.8 Å². The van der Waals surface area contributed by atoms with E-state index < -0.39 is 10.0 Å². The second kappa shape index (κ2) is 8.29. The fourth-order valence-corrected chi connectivity index (χ4v) is 3.75. The quantitative estimate of drug-likeness (QED) is 0.798. The first kappa shape index (κ1) is 18.6. The van der Waals surface area contributed by atoms with Crippen LogP contribution in [0.4, 0.5) is 0 Å². The van der Waals surface area contributed by atoms with E-state index in [9.17, 15) is 13.2 Å². The summed E-state index contributed by atoms with van der Waals surface area (Å²) in [6.07, 6.45) is 1.54. The lowest BCUT2D eigenvalue weighted by Gasteiger charge is -2.21. The molecule has 0 fully saturated rings. The van der Waals surface area contributed by atoms with Gasteiger partial charge < -0.3 is 5.32 Å². The zero-order valence-corrected chi connectivity index (χ0v) is 14.6. The zero-order valence-electron chi connectivity index (χ0n) is 13.8. The molecule has 0 saturated heterocycles. The molecule has 0 saturated carbocycles. The maximum atomic E-state index is 12.6. The van der Waals surface area contributed by atoms with Gasteiger partial charge >= 0.3 is 0 Å². The van der Waals surface area contributed by atoms with Crippen LogP contribution in [-0.4, -0.2) is 37.8 Å². The minimum Gasteiger partial charge on any atom is -0.350 e. The molecule has 0 aliphatic rings.